The van der Waals surface area contributed by atoms with Crippen LogP contribution in [0.5, 0.6) is 5.75 Å². The molecular weight excluding hydrogens is 290 g/mol. The van der Waals surface area contributed by atoms with Crippen molar-refractivity contribution in [2.45, 2.75) is 18.6 Å². The first-order valence-corrected chi connectivity index (χ1v) is 7.78. The molecule has 2 bridgehead atoms. The average molecular weight is 305 g/mol. The van der Waals surface area contributed by atoms with Gasteiger partial charge in [0.15, 0.2) is 6.23 Å². The first-order chi connectivity index (χ1) is 11.2. The topological polar surface area (TPSA) is 42.7 Å². The van der Waals surface area contributed by atoms with Crippen molar-refractivity contribution in [1.82, 2.24) is 0 Å². The van der Waals surface area contributed by atoms with Crippen LogP contribution in [0, 0.1) is 0 Å². The Morgan fingerprint density at radius 3 is 2.78 bits per heavy atom. The molecule has 5 rings (SSSR count). The van der Waals surface area contributed by atoms with E-state index in [1.54, 1.807) is 0 Å². The van der Waals surface area contributed by atoms with Crippen LogP contribution in [0.25, 0.3) is 11.0 Å². The Balaban J connectivity index is 1.86. The van der Waals surface area contributed by atoms with Crippen LogP contribution >= 0.6 is 0 Å². The lowest BCUT2D eigenvalue weighted by atomic mass is 9.82. The lowest BCUT2D eigenvalue weighted by Crippen LogP contribution is -2.45. The van der Waals surface area contributed by atoms with E-state index in [0.29, 0.717) is 16.9 Å². The fourth-order valence-corrected chi connectivity index (χ4v) is 3.85. The van der Waals surface area contributed by atoms with E-state index in [2.05, 4.69) is 17.0 Å². The van der Waals surface area contributed by atoms with Gasteiger partial charge in [0.1, 0.15) is 11.3 Å². The molecule has 0 amide bonds. The van der Waals surface area contributed by atoms with Crippen molar-refractivity contribution in [1.29, 1.82) is 0 Å². The van der Waals surface area contributed by atoms with E-state index in [4.69, 9.17) is 9.15 Å². The van der Waals surface area contributed by atoms with Crippen molar-refractivity contribution in [3.05, 3.63) is 70.1 Å². The standard InChI is InChI=1S/C19H15NO3/c1-20-14-8-4-2-6-11(14)13-10-16(20)23-18-12-7-3-5-9-15(12)22-19(21)17(13)18/h2-9,13,16H,10H2,1H3. The van der Waals surface area contributed by atoms with Crippen LogP contribution in [0.4, 0.5) is 5.69 Å². The molecule has 3 heterocycles. The van der Waals surface area contributed by atoms with Crippen LogP contribution in [0.3, 0.4) is 0 Å². The number of anilines is 1. The van der Waals surface area contributed by atoms with Crippen LogP contribution in [0.15, 0.2) is 57.7 Å². The maximum absolute atomic E-state index is 12.6. The number of para-hydroxylation sites is 2. The Morgan fingerprint density at radius 2 is 1.87 bits per heavy atom. The van der Waals surface area contributed by atoms with E-state index < -0.39 is 0 Å². The first kappa shape index (κ1) is 12.8. The highest BCUT2D eigenvalue weighted by Gasteiger charge is 2.41. The second-order valence-corrected chi connectivity index (χ2v) is 6.16. The molecule has 114 valence electrons. The van der Waals surface area contributed by atoms with Gasteiger partial charge in [-0.3, -0.25) is 0 Å². The molecule has 1 aromatic heterocycles. The summed E-state index contributed by atoms with van der Waals surface area (Å²) < 4.78 is 11.8. The average Bonchev–Trinajstić information content (AvgIpc) is 2.59. The molecule has 0 radical (unpaired) electrons. The lowest BCUT2D eigenvalue weighted by Gasteiger charge is -2.43. The van der Waals surface area contributed by atoms with Crippen LogP contribution in [0.2, 0.25) is 0 Å². The Kier molecular flexibility index (Phi) is 2.43. The van der Waals surface area contributed by atoms with Crippen molar-refractivity contribution < 1.29 is 9.15 Å². The molecule has 2 unspecified atom stereocenters. The maximum Gasteiger partial charge on any atom is 0.343 e. The van der Waals surface area contributed by atoms with E-state index in [1.807, 2.05) is 43.4 Å². The summed E-state index contributed by atoms with van der Waals surface area (Å²) in [6.07, 6.45) is 0.705. The molecule has 4 heteroatoms. The van der Waals surface area contributed by atoms with Crippen LogP contribution in [0.1, 0.15) is 23.5 Å². The number of ether oxygens (including phenoxy) is 1. The summed E-state index contributed by atoms with van der Waals surface area (Å²) in [4.78, 5) is 14.8. The van der Waals surface area contributed by atoms with E-state index in [9.17, 15) is 4.79 Å². The van der Waals surface area contributed by atoms with E-state index >= 15 is 0 Å². The molecule has 0 saturated carbocycles. The summed E-state index contributed by atoms with van der Waals surface area (Å²) in [7, 11) is 2.04. The highest BCUT2D eigenvalue weighted by atomic mass is 16.5. The largest absolute Gasteiger partial charge is 0.469 e. The summed E-state index contributed by atoms with van der Waals surface area (Å²) in [6.45, 7) is 0. The van der Waals surface area contributed by atoms with Gasteiger partial charge in [0.05, 0.1) is 10.9 Å². The number of fused-ring (bicyclic) bond motifs is 8. The minimum Gasteiger partial charge on any atom is -0.469 e. The van der Waals surface area contributed by atoms with Gasteiger partial charge in [0, 0.05) is 25.1 Å². The SMILES string of the molecule is CN1c2ccccc2C2CC1Oc1c2c(=O)oc2ccccc12. The van der Waals surface area contributed by atoms with Crippen molar-refractivity contribution in [3.63, 3.8) is 0 Å². The molecule has 3 aromatic rings. The Morgan fingerprint density at radius 1 is 1.09 bits per heavy atom. The van der Waals surface area contributed by atoms with Crippen molar-refractivity contribution in [2.75, 3.05) is 11.9 Å². The predicted octanol–water partition coefficient (Wildman–Crippen LogP) is 3.48. The smallest absolute Gasteiger partial charge is 0.343 e. The molecule has 4 nitrogen and oxygen atoms in total. The van der Waals surface area contributed by atoms with Crippen LogP contribution in [-0.4, -0.2) is 13.3 Å². The van der Waals surface area contributed by atoms with Crippen LogP contribution in [-0.2, 0) is 0 Å². The molecule has 0 aliphatic carbocycles. The summed E-state index contributed by atoms with van der Waals surface area (Å²) >= 11 is 0. The lowest BCUT2D eigenvalue weighted by molar-refractivity contribution is 0.157. The summed E-state index contributed by atoms with van der Waals surface area (Å²) in [5, 5.41) is 0.865. The zero-order valence-corrected chi connectivity index (χ0v) is 12.7. The Bertz CT molecular complexity index is 991. The van der Waals surface area contributed by atoms with Gasteiger partial charge in [-0.25, -0.2) is 4.79 Å². The second kappa shape index (κ2) is 4.38. The van der Waals surface area contributed by atoms with E-state index in [1.165, 1.54) is 5.56 Å². The monoisotopic (exact) mass is 305 g/mol. The normalized spacial score (nSPS) is 21.5. The zero-order chi connectivity index (χ0) is 15.6. The predicted molar refractivity (Wildman–Crippen MR) is 88.2 cm³/mol. The van der Waals surface area contributed by atoms with Crippen molar-refractivity contribution >= 4 is 16.7 Å². The van der Waals surface area contributed by atoms with Gasteiger partial charge in [-0.15, -0.1) is 0 Å². The molecule has 2 aromatic carbocycles. The molecule has 0 spiro atoms. The van der Waals surface area contributed by atoms with Crippen molar-refractivity contribution in [2.24, 2.45) is 0 Å². The minimum atomic E-state index is -0.290. The molecule has 23 heavy (non-hydrogen) atoms. The van der Waals surface area contributed by atoms with Gasteiger partial charge in [-0.1, -0.05) is 30.3 Å². The number of hydrogen-bond donors (Lipinski definition) is 0. The summed E-state index contributed by atoms with van der Waals surface area (Å²) in [5.74, 6) is 0.705. The highest BCUT2D eigenvalue weighted by molar-refractivity contribution is 5.85. The third-order valence-corrected chi connectivity index (χ3v) is 4.96. The molecule has 2 atom stereocenters. The Labute approximate surface area is 132 Å². The number of nitrogens with zero attached hydrogens (tertiary/aromatic N) is 1. The van der Waals surface area contributed by atoms with Gasteiger partial charge in [0.25, 0.3) is 0 Å². The third-order valence-electron chi connectivity index (χ3n) is 4.96. The van der Waals surface area contributed by atoms with Gasteiger partial charge >= 0.3 is 5.63 Å². The molecule has 0 saturated heterocycles. The molecule has 2 aliphatic heterocycles. The fourth-order valence-electron chi connectivity index (χ4n) is 3.85. The molecular formula is C19H15NO3. The van der Waals surface area contributed by atoms with Crippen LogP contribution < -0.4 is 15.3 Å². The number of rotatable bonds is 0. The zero-order valence-electron chi connectivity index (χ0n) is 12.7. The van der Waals surface area contributed by atoms with E-state index in [0.717, 1.165) is 17.5 Å². The quantitative estimate of drug-likeness (QED) is 0.596. The minimum absolute atomic E-state index is 0.0250. The highest BCUT2D eigenvalue weighted by Crippen LogP contribution is 2.48. The molecule has 0 fully saturated rings. The van der Waals surface area contributed by atoms with Gasteiger partial charge in [-0.2, -0.15) is 0 Å². The molecule has 2 aliphatic rings. The third kappa shape index (κ3) is 1.63. The number of benzene rings is 2. The van der Waals surface area contributed by atoms with E-state index in [-0.39, 0.29) is 17.8 Å². The first-order valence-electron chi connectivity index (χ1n) is 7.78. The number of hydrogen-bond acceptors (Lipinski definition) is 4. The van der Waals surface area contributed by atoms with Gasteiger partial charge in [-0.05, 0) is 23.8 Å². The second-order valence-electron chi connectivity index (χ2n) is 6.16. The fraction of sp³-hybridized carbons (Fsp3) is 0.211. The maximum atomic E-state index is 12.6. The Hall–Kier alpha value is -2.75. The summed E-state index contributed by atoms with van der Waals surface area (Å²) in [6, 6.07) is 15.8. The van der Waals surface area contributed by atoms with Crippen molar-refractivity contribution in [3.8, 4) is 5.75 Å². The van der Waals surface area contributed by atoms with Gasteiger partial charge < -0.3 is 14.1 Å². The summed E-state index contributed by atoms with van der Waals surface area (Å²) in [5.41, 5.74) is 3.22. The van der Waals surface area contributed by atoms with Gasteiger partial charge in [0.2, 0.25) is 0 Å². The molecule has 0 N–H and O–H groups in total.